The van der Waals surface area contributed by atoms with Crippen LogP contribution in [0, 0.1) is 0 Å². The van der Waals surface area contributed by atoms with Crippen molar-refractivity contribution in [2.75, 3.05) is 174 Å². The Balaban J connectivity index is -0.0000000210. The number of hydrogen-bond donors (Lipinski definition) is 2. The van der Waals surface area contributed by atoms with Crippen molar-refractivity contribution in [3.63, 3.8) is 0 Å². The fraction of sp³-hybridized carbons (Fsp3) is 0.919. The Morgan fingerprint density at radius 3 is 0.417 bits per heavy atom. The van der Waals surface area contributed by atoms with E-state index < -0.39 is 69.4 Å². The molecule has 0 bridgehead atoms. The molecule has 0 aromatic carbocycles. The SMILES string of the molecule is C.C.C.C.C.C.CC.CC.CC.CC.CC.CC(=O)N(C)C.CC(C)=O.CC(C)=O.CCC.CCC.CCS(C)(=O)=O.CCS(C)(=O)=O.CN(C)C.CN(C)C.CN(C)S(C)(=O)=O.CN(C)S(C)(=O)=O.CNC(C)=O.CNS(C)(=O)=O.COC(C)=O.CS(C)(=O)=O.CS(C)(=O)=O. The molecule has 0 heterocycles. The molecule has 0 aliphatic rings. The van der Waals surface area contributed by atoms with Gasteiger partial charge in [-0.15, -0.1) is 0 Å². The zero-order valence-corrected chi connectivity index (χ0v) is 72.3. The number of ketones is 2. The van der Waals surface area contributed by atoms with Crippen LogP contribution >= 0.6 is 0 Å². The summed E-state index contributed by atoms with van der Waals surface area (Å²) in [5.74, 6) is 0.671. The van der Waals surface area contributed by atoms with E-state index >= 15 is 0 Å². The van der Waals surface area contributed by atoms with Crippen molar-refractivity contribution in [2.45, 2.75) is 217 Å². The first-order valence-corrected chi connectivity index (χ1v) is 42.7. The highest BCUT2D eigenvalue weighted by Gasteiger charge is 2.01. The van der Waals surface area contributed by atoms with Crippen molar-refractivity contribution in [1.29, 1.82) is 0 Å². The number of carbonyl (C=O) groups excluding carboxylic acids is 5. The monoisotopic (exact) mass is 1560 g/mol. The number of esters is 1. The van der Waals surface area contributed by atoms with Crippen molar-refractivity contribution < 1.29 is 87.6 Å². The van der Waals surface area contributed by atoms with Crippen molar-refractivity contribution >= 4 is 98.8 Å². The lowest BCUT2D eigenvalue weighted by Crippen LogP contribution is -2.19. The normalized spacial score (nSPS) is 8.41. The molecule has 620 valence electrons. The van der Waals surface area contributed by atoms with E-state index in [0.717, 1.165) is 52.4 Å². The second kappa shape index (κ2) is 132. The molecular formula is C62H175N7O20S7. The molecule has 0 saturated carbocycles. The van der Waals surface area contributed by atoms with Crippen LogP contribution in [0.25, 0.3) is 0 Å². The maximum Gasteiger partial charge on any atom is 0.302 e. The molecule has 0 unspecified atom stereocenters. The van der Waals surface area contributed by atoms with Gasteiger partial charge in [-0.3, -0.25) is 14.4 Å². The van der Waals surface area contributed by atoms with E-state index in [2.05, 4.69) is 42.5 Å². The van der Waals surface area contributed by atoms with E-state index in [4.69, 9.17) is 0 Å². The van der Waals surface area contributed by atoms with Gasteiger partial charge in [-0.25, -0.2) is 72.3 Å². The summed E-state index contributed by atoms with van der Waals surface area (Å²) < 4.78 is 148. The topological polar surface area (TPSA) is 374 Å². The largest absolute Gasteiger partial charge is 0.469 e. The lowest BCUT2D eigenvalue weighted by Gasteiger charge is -2.02. The van der Waals surface area contributed by atoms with Crippen LogP contribution in [-0.2, 0) is 98.1 Å². The molecule has 0 atom stereocenters. The number of rotatable bonds is 5. The summed E-state index contributed by atoms with van der Waals surface area (Å²) in [7, 11) is 6.37. The van der Waals surface area contributed by atoms with E-state index in [-0.39, 0.29) is 85.4 Å². The first-order valence-electron chi connectivity index (χ1n) is 28.4. The van der Waals surface area contributed by atoms with Gasteiger partial charge in [0.25, 0.3) is 0 Å². The van der Waals surface area contributed by atoms with Crippen LogP contribution in [0.1, 0.15) is 217 Å². The van der Waals surface area contributed by atoms with Gasteiger partial charge in [-0.1, -0.05) is 168 Å². The number of nitrogens with one attached hydrogen (secondary N) is 2. The fourth-order valence-electron chi connectivity index (χ4n) is 0. The first-order chi connectivity index (χ1) is 39.5. The van der Waals surface area contributed by atoms with Crippen molar-refractivity contribution in [3.8, 4) is 0 Å². The van der Waals surface area contributed by atoms with Crippen molar-refractivity contribution in [2.24, 2.45) is 0 Å². The molecule has 0 fully saturated rings. The standard InChI is InChI=1S/C4H9NO.2C3H9NO2S.C3H7NO.2C3H9N.2C3H8O2S.C3H6O2.2C3H6O.2C3H8.C2H7NO2S.2C2H6O2S.5C2H6.6CH4/c1-4(6)5(2)3;2*1-4(2)7(3,5)6;1-3(5)4-2;2*1-4(2)3;2*1-3-6(2,4)5;1-3(4)5-2;2*1-3(2)4;2*1-3-2;1-3-6(2,4)5;2*1-5(2,3)4;5*1-2;;;;;;/h1-3H3;2*1-3H3;1-2H3,(H,4,5);2*1-3H3;2*3H2,1-2H3;1-2H3;2*1-2H3;2*3H2,1-2H3;3H,1-2H3;2*1-2H3;5*1-2H3;6*1H4. The third-order valence-electron chi connectivity index (χ3n) is 4.02. The molecule has 2 N–H and O–H groups in total. The Hall–Kier alpha value is -2.80. The van der Waals surface area contributed by atoms with Gasteiger partial charge in [0.1, 0.15) is 50.9 Å². The summed E-state index contributed by atoms with van der Waals surface area (Å²) in [6.45, 7) is 42.2. The summed E-state index contributed by atoms with van der Waals surface area (Å²) in [4.78, 5) is 53.8. The Labute approximate surface area is 606 Å². The minimum absolute atomic E-state index is 0. The number of hydrogen-bond acceptors (Lipinski definition) is 22. The van der Waals surface area contributed by atoms with Gasteiger partial charge >= 0.3 is 5.97 Å². The second-order valence-corrected chi connectivity index (χ2v) is 33.4. The lowest BCUT2D eigenvalue weighted by atomic mass is 10.6. The molecule has 0 radical (unpaired) electrons. The highest BCUT2D eigenvalue weighted by Crippen LogP contribution is 1.84. The summed E-state index contributed by atoms with van der Waals surface area (Å²) in [5, 5.41) is 2.39. The quantitative estimate of drug-likeness (QED) is 0.241. The number of amides is 2. The summed E-state index contributed by atoms with van der Waals surface area (Å²) in [6.07, 6.45) is 13.0. The Morgan fingerprint density at radius 2 is 0.417 bits per heavy atom. The van der Waals surface area contributed by atoms with Gasteiger partial charge in [-0.2, -0.15) is 0 Å². The van der Waals surface area contributed by atoms with Gasteiger partial charge in [0.05, 0.1) is 25.9 Å². The second-order valence-electron chi connectivity index (χ2n) is 17.6. The molecule has 0 aromatic rings. The number of sulfonamides is 3. The summed E-state index contributed by atoms with van der Waals surface area (Å²) >= 11 is 0. The Morgan fingerprint density at radius 1 is 0.354 bits per heavy atom. The number of Topliss-reactive ketones (excluding diaryl/α,β-unsaturated/α-hetero) is 2. The molecule has 0 saturated heterocycles. The predicted molar refractivity (Wildman–Crippen MR) is 436 cm³/mol. The molecule has 0 aliphatic carbocycles. The first kappa shape index (κ1) is 181. The zero-order valence-electron chi connectivity index (χ0n) is 66.6. The highest BCUT2D eigenvalue weighted by molar-refractivity contribution is 7.91. The van der Waals surface area contributed by atoms with Crippen LogP contribution in [0.2, 0.25) is 0 Å². The highest BCUT2D eigenvalue weighted by atomic mass is 32.2. The minimum Gasteiger partial charge on any atom is -0.469 e. The van der Waals surface area contributed by atoms with E-state index in [9.17, 15) is 82.9 Å². The van der Waals surface area contributed by atoms with E-state index in [1.807, 2.05) is 121 Å². The molecule has 0 aromatic heterocycles. The lowest BCUT2D eigenvalue weighted by molar-refractivity contribution is -0.138. The third kappa shape index (κ3) is 1080. The minimum atomic E-state index is -2.91. The van der Waals surface area contributed by atoms with Crippen LogP contribution in [0.15, 0.2) is 0 Å². The fourth-order valence-corrected chi connectivity index (χ4v) is 0. The molecule has 96 heavy (non-hydrogen) atoms. The predicted octanol–water partition coefficient (Wildman–Crippen LogP) is 11.0. The van der Waals surface area contributed by atoms with Crippen LogP contribution in [0.4, 0.5) is 0 Å². The van der Waals surface area contributed by atoms with Crippen LogP contribution < -0.4 is 10.0 Å². The molecule has 0 aliphatic heterocycles. The van der Waals surface area contributed by atoms with Gasteiger partial charge in [0.2, 0.25) is 41.9 Å². The molecule has 34 heteroatoms. The van der Waals surface area contributed by atoms with Crippen LogP contribution in [0.3, 0.4) is 0 Å². The summed E-state index contributed by atoms with van der Waals surface area (Å²) in [5.41, 5.74) is 0. The summed E-state index contributed by atoms with van der Waals surface area (Å²) in [6, 6.07) is 0. The smallest absolute Gasteiger partial charge is 0.302 e. The van der Waals surface area contributed by atoms with E-state index in [1.165, 1.54) is 121 Å². The molecule has 27 nitrogen and oxygen atoms in total. The molecule has 2 amide bonds. The van der Waals surface area contributed by atoms with Crippen LogP contribution in [0.5, 0.6) is 0 Å². The van der Waals surface area contributed by atoms with Gasteiger partial charge in [-0.05, 0) is 77.0 Å². The van der Waals surface area contributed by atoms with Crippen molar-refractivity contribution in [3.05, 3.63) is 0 Å². The number of sulfone groups is 4. The van der Waals surface area contributed by atoms with E-state index in [0.29, 0.717) is 0 Å². The van der Waals surface area contributed by atoms with Gasteiger partial charge in [0, 0.05) is 119 Å². The third-order valence-corrected chi connectivity index (χ3v) is 9.51. The van der Waals surface area contributed by atoms with Gasteiger partial charge < -0.3 is 34.3 Å². The number of carbonyl (C=O) groups is 5. The Bertz CT molecular complexity index is 2010. The van der Waals surface area contributed by atoms with Crippen LogP contribution in [-0.4, -0.2) is 285 Å². The Kier molecular flexibility index (Phi) is 249. The average molecular weight is 1560 g/mol. The maximum atomic E-state index is 10.3. The average Bonchev–Trinajstić information content (AvgIpc) is 3.33. The molecule has 0 spiro atoms. The maximum absolute atomic E-state index is 10.3. The molecule has 0 rings (SSSR count). The van der Waals surface area contributed by atoms with E-state index in [1.54, 1.807) is 35.0 Å². The number of nitrogens with zero attached hydrogens (tertiary/aromatic N) is 5. The molecular weight excluding hydrogens is 1390 g/mol. The zero-order chi connectivity index (χ0) is 80.2. The number of ether oxygens (including phenoxy) is 1. The number of methoxy groups -OCH3 is 1. The van der Waals surface area contributed by atoms with Gasteiger partial charge in [0.15, 0.2) is 0 Å². The van der Waals surface area contributed by atoms with Crippen molar-refractivity contribution in [1.82, 2.24) is 33.3 Å².